The number of rotatable bonds is 4. The molecule has 0 aliphatic heterocycles. The van der Waals surface area contributed by atoms with Gasteiger partial charge in [-0.1, -0.05) is 0 Å². The Kier molecular flexibility index (Phi) is 4.11. The van der Waals surface area contributed by atoms with Crippen molar-refractivity contribution in [3.8, 4) is 0 Å². The van der Waals surface area contributed by atoms with E-state index in [4.69, 9.17) is 4.42 Å². The molecule has 1 amide bonds. The van der Waals surface area contributed by atoms with Crippen molar-refractivity contribution in [2.24, 2.45) is 0 Å². The summed E-state index contributed by atoms with van der Waals surface area (Å²) in [6.07, 6.45) is 3.03. The lowest BCUT2D eigenvalue weighted by molar-refractivity contribution is 0.0902. The summed E-state index contributed by atoms with van der Waals surface area (Å²) in [4.78, 5) is 15.9. The van der Waals surface area contributed by atoms with Crippen LogP contribution in [0.2, 0.25) is 0 Å². The fraction of sp³-hybridized carbons (Fsp3) is 0.167. The van der Waals surface area contributed by atoms with Crippen LogP contribution in [-0.2, 0) is 0 Å². The Bertz CT molecular complexity index is 511. The minimum absolute atomic E-state index is 0.240. The van der Waals surface area contributed by atoms with E-state index in [1.807, 2.05) is 0 Å². The van der Waals surface area contributed by atoms with Crippen LogP contribution in [0.15, 0.2) is 45.6 Å². The number of nitrogens with one attached hydrogen (secondary N) is 1. The smallest absolute Gasteiger partial charge is 0.270 e. The van der Waals surface area contributed by atoms with Crippen LogP contribution in [0.4, 0.5) is 0 Å². The molecule has 0 aliphatic rings. The van der Waals surface area contributed by atoms with Gasteiger partial charge in [-0.3, -0.25) is 4.79 Å². The second-order valence-corrected chi connectivity index (χ2v) is 4.50. The second-order valence-electron chi connectivity index (χ2n) is 3.59. The van der Waals surface area contributed by atoms with Crippen molar-refractivity contribution in [3.63, 3.8) is 0 Å². The predicted molar refractivity (Wildman–Crippen MR) is 67.9 cm³/mol. The van der Waals surface area contributed by atoms with Gasteiger partial charge in [0.1, 0.15) is 17.5 Å². The summed E-state index contributed by atoms with van der Waals surface area (Å²) in [5.41, 5.74) is 0.281. The number of amides is 1. The van der Waals surface area contributed by atoms with E-state index in [0.717, 1.165) is 4.47 Å². The van der Waals surface area contributed by atoms with E-state index in [2.05, 4.69) is 26.2 Å². The number of halogens is 1. The summed E-state index contributed by atoms with van der Waals surface area (Å²) in [6.45, 7) is -0.240. The quantitative estimate of drug-likeness (QED) is 0.904. The molecule has 6 heteroatoms. The topological polar surface area (TPSA) is 75.4 Å². The third-order valence-electron chi connectivity index (χ3n) is 2.33. The van der Waals surface area contributed by atoms with Gasteiger partial charge < -0.3 is 14.8 Å². The summed E-state index contributed by atoms with van der Waals surface area (Å²) in [7, 11) is 0. The Morgan fingerprint density at radius 2 is 2.33 bits per heavy atom. The van der Waals surface area contributed by atoms with Crippen LogP contribution in [0.5, 0.6) is 0 Å². The van der Waals surface area contributed by atoms with E-state index in [-0.39, 0.29) is 18.2 Å². The molecular weight excluding hydrogens is 300 g/mol. The van der Waals surface area contributed by atoms with E-state index >= 15 is 0 Å². The van der Waals surface area contributed by atoms with Crippen molar-refractivity contribution in [1.82, 2.24) is 10.3 Å². The maximum atomic E-state index is 11.9. The number of aliphatic hydroxyl groups excluding tert-OH is 1. The van der Waals surface area contributed by atoms with Crippen molar-refractivity contribution in [3.05, 3.63) is 52.7 Å². The number of pyridine rings is 1. The third kappa shape index (κ3) is 2.96. The van der Waals surface area contributed by atoms with E-state index in [9.17, 15) is 9.90 Å². The average molecular weight is 311 g/mol. The zero-order valence-electron chi connectivity index (χ0n) is 9.34. The van der Waals surface area contributed by atoms with Gasteiger partial charge in [-0.2, -0.15) is 0 Å². The van der Waals surface area contributed by atoms with Crippen LogP contribution < -0.4 is 5.32 Å². The van der Waals surface area contributed by atoms with E-state index < -0.39 is 6.04 Å². The van der Waals surface area contributed by atoms with Crippen LogP contribution in [0.3, 0.4) is 0 Å². The van der Waals surface area contributed by atoms with Gasteiger partial charge in [0, 0.05) is 10.7 Å². The van der Waals surface area contributed by atoms with Crippen LogP contribution in [0, 0.1) is 0 Å². The molecule has 94 valence electrons. The van der Waals surface area contributed by atoms with Crippen LogP contribution >= 0.6 is 15.9 Å². The summed E-state index contributed by atoms with van der Waals surface area (Å²) in [6, 6.07) is 6.13. The maximum Gasteiger partial charge on any atom is 0.270 e. The molecule has 0 aromatic carbocycles. The summed E-state index contributed by atoms with van der Waals surface area (Å²) in [5.74, 6) is 0.140. The van der Waals surface area contributed by atoms with Gasteiger partial charge >= 0.3 is 0 Å². The van der Waals surface area contributed by atoms with Crippen molar-refractivity contribution in [2.75, 3.05) is 6.61 Å². The highest BCUT2D eigenvalue weighted by molar-refractivity contribution is 9.10. The van der Waals surface area contributed by atoms with Crippen molar-refractivity contribution >= 4 is 21.8 Å². The summed E-state index contributed by atoms with van der Waals surface area (Å²) in [5, 5.41) is 11.9. The third-order valence-corrected chi connectivity index (χ3v) is 2.80. The fourth-order valence-electron chi connectivity index (χ4n) is 1.44. The molecule has 0 spiro atoms. The van der Waals surface area contributed by atoms with Crippen molar-refractivity contribution in [1.29, 1.82) is 0 Å². The summed E-state index contributed by atoms with van der Waals surface area (Å²) >= 11 is 3.24. The molecule has 2 rings (SSSR count). The van der Waals surface area contributed by atoms with Gasteiger partial charge in [0.05, 0.1) is 12.9 Å². The largest absolute Gasteiger partial charge is 0.467 e. The Morgan fingerprint density at radius 3 is 2.89 bits per heavy atom. The fourth-order valence-corrected chi connectivity index (χ4v) is 1.67. The number of hydrogen-bond donors (Lipinski definition) is 2. The number of aromatic nitrogens is 1. The van der Waals surface area contributed by atoms with Gasteiger partial charge in [-0.15, -0.1) is 0 Å². The molecule has 0 fully saturated rings. The Morgan fingerprint density at radius 1 is 1.50 bits per heavy atom. The first kappa shape index (κ1) is 12.8. The molecule has 0 radical (unpaired) electrons. The van der Waals surface area contributed by atoms with Gasteiger partial charge in [-0.05, 0) is 40.2 Å². The lowest BCUT2D eigenvalue weighted by Crippen LogP contribution is -2.31. The van der Waals surface area contributed by atoms with Crippen molar-refractivity contribution in [2.45, 2.75) is 6.04 Å². The SMILES string of the molecule is O=C(NC(CO)c1ccco1)c1ccc(Br)cn1. The van der Waals surface area contributed by atoms with E-state index in [1.54, 1.807) is 24.3 Å². The van der Waals surface area contributed by atoms with E-state index in [1.165, 1.54) is 12.5 Å². The standard InChI is InChI=1S/C12H11BrN2O3/c13-8-3-4-9(14-6-8)12(17)15-10(7-16)11-2-1-5-18-11/h1-6,10,16H,7H2,(H,15,17). The van der Waals surface area contributed by atoms with Gasteiger partial charge in [-0.25, -0.2) is 4.98 Å². The normalized spacial score (nSPS) is 12.1. The minimum Gasteiger partial charge on any atom is -0.467 e. The molecule has 0 saturated carbocycles. The number of carbonyl (C=O) groups is 1. The van der Waals surface area contributed by atoms with Crippen LogP contribution in [0.25, 0.3) is 0 Å². The molecule has 5 nitrogen and oxygen atoms in total. The highest BCUT2D eigenvalue weighted by Crippen LogP contribution is 2.14. The molecule has 1 atom stereocenters. The number of furan rings is 1. The Hall–Kier alpha value is -1.66. The number of carbonyl (C=O) groups excluding carboxylic acids is 1. The van der Waals surface area contributed by atoms with E-state index in [0.29, 0.717) is 5.76 Å². The predicted octanol–water partition coefficient (Wildman–Crippen LogP) is 1.90. The first-order chi connectivity index (χ1) is 8.70. The number of hydrogen-bond acceptors (Lipinski definition) is 4. The molecule has 1 unspecified atom stereocenters. The van der Waals surface area contributed by atoms with Crippen molar-refractivity contribution < 1.29 is 14.3 Å². The first-order valence-corrected chi connectivity index (χ1v) is 6.06. The van der Waals surface area contributed by atoms with Crippen LogP contribution in [-0.4, -0.2) is 22.6 Å². The lowest BCUT2D eigenvalue weighted by Gasteiger charge is -2.13. The molecule has 0 saturated heterocycles. The highest BCUT2D eigenvalue weighted by atomic mass is 79.9. The molecular formula is C12H11BrN2O3. The molecule has 2 aromatic rings. The first-order valence-electron chi connectivity index (χ1n) is 5.27. The molecule has 0 bridgehead atoms. The monoisotopic (exact) mass is 310 g/mol. The Balaban J connectivity index is 2.08. The zero-order valence-corrected chi connectivity index (χ0v) is 10.9. The Labute approximate surface area is 112 Å². The number of aliphatic hydroxyl groups is 1. The van der Waals surface area contributed by atoms with Crippen LogP contribution in [0.1, 0.15) is 22.3 Å². The van der Waals surface area contributed by atoms with Gasteiger partial charge in [0.15, 0.2) is 0 Å². The molecule has 2 heterocycles. The van der Waals surface area contributed by atoms with Gasteiger partial charge in [0.2, 0.25) is 0 Å². The highest BCUT2D eigenvalue weighted by Gasteiger charge is 2.17. The average Bonchev–Trinajstić information content (AvgIpc) is 2.90. The molecule has 18 heavy (non-hydrogen) atoms. The number of nitrogens with zero attached hydrogens (tertiary/aromatic N) is 1. The molecule has 2 aromatic heterocycles. The second kappa shape index (κ2) is 5.79. The summed E-state index contributed by atoms with van der Waals surface area (Å²) < 4.78 is 5.93. The lowest BCUT2D eigenvalue weighted by atomic mass is 10.2. The van der Waals surface area contributed by atoms with Gasteiger partial charge in [0.25, 0.3) is 5.91 Å². The molecule has 2 N–H and O–H groups in total. The minimum atomic E-state index is -0.571. The zero-order chi connectivity index (χ0) is 13.0. The maximum absolute atomic E-state index is 11.9. The molecule has 0 aliphatic carbocycles.